The molecule has 0 aromatic carbocycles. The summed E-state index contributed by atoms with van der Waals surface area (Å²) in [6.07, 6.45) is 3.15. The van der Waals surface area contributed by atoms with Gasteiger partial charge in [-0.05, 0) is 20.8 Å². The summed E-state index contributed by atoms with van der Waals surface area (Å²) >= 11 is 0. The molecule has 1 aromatic rings. The van der Waals surface area contributed by atoms with E-state index >= 15 is 0 Å². The number of imidazole rings is 1. The highest BCUT2D eigenvalue weighted by atomic mass is 32.2. The third-order valence-corrected chi connectivity index (χ3v) is 5.96. The first-order chi connectivity index (χ1) is 9.81. The lowest BCUT2D eigenvalue weighted by molar-refractivity contribution is 0.0849. The van der Waals surface area contributed by atoms with Crippen molar-refractivity contribution < 1.29 is 8.42 Å². The van der Waals surface area contributed by atoms with Crippen molar-refractivity contribution in [3.63, 3.8) is 0 Å². The Morgan fingerprint density at radius 2 is 1.90 bits per heavy atom. The van der Waals surface area contributed by atoms with Gasteiger partial charge < -0.3 is 10.3 Å². The maximum atomic E-state index is 12.5. The molecule has 7 nitrogen and oxygen atoms in total. The molecule has 0 atom stereocenters. The topological polar surface area (TPSA) is 84.5 Å². The van der Waals surface area contributed by atoms with Crippen LogP contribution in [0.3, 0.4) is 0 Å². The van der Waals surface area contributed by atoms with Crippen molar-refractivity contribution in [2.24, 2.45) is 5.73 Å². The second-order valence-electron chi connectivity index (χ2n) is 5.95. The molecule has 2 rings (SSSR count). The minimum absolute atomic E-state index is 0.0976. The van der Waals surface area contributed by atoms with Crippen LogP contribution < -0.4 is 5.73 Å². The Hall–Kier alpha value is -0.960. The lowest BCUT2D eigenvalue weighted by Crippen LogP contribution is -2.58. The Morgan fingerprint density at radius 3 is 2.38 bits per heavy atom. The molecule has 1 aliphatic rings. The number of hydrogen-bond donors (Lipinski definition) is 1. The number of aromatic nitrogens is 2. The Kier molecular flexibility index (Phi) is 4.72. The summed E-state index contributed by atoms with van der Waals surface area (Å²) < 4.78 is 28.4. The molecule has 21 heavy (non-hydrogen) atoms. The minimum atomic E-state index is -3.48. The molecule has 0 radical (unpaired) electrons. The Bertz CT molecular complexity index is 573. The van der Waals surface area contributed by atoms with E-state index in [0.717, 1.165) is 0 Å². The number of hydrogen-bond acceptors (Lipinski definition) is 5. The zero-order valence-electron chi connectivity index (χ0n) is 13.0. The largest absolute Gasteiger partial charge is 0.336 e. The van der Waals surface area contributed by atoms with Crippen molar-refractivity contribution in [3.05, 3.63) is 12.5 Å². The summed E-state index contributed by atoms with van der Waals surface area (Å²) in [6.45, 7) is 9.72. The molecule has 0 bridgehead atoms. The third kappa shape index (κ3) is 3.28. The van der Waals surface area contributed by atoms with Crippen LogP contribution in [0, 0.1) is 0 Å². The highest BCUT2D eigenvalue weighted by Crippen LogP contribution is 2.20. The van der Waals surface area contributed by atoms with Crippen LogP contribution in [0.1, 0.15) is 20.8 Å². The highest BCUT2D eigenvalue weighted by molar-refractivity contribution is 7.89. The molecule has 8 heteroatoms. The van der Waals surface area contributed by atoms with Crippen molar-refractivity contribution in [2.45, 2.75) is 37.9 Å². The normalized spacial score (nSPS) is 19.0. The number of nitrogens with two attached hydrogens (primary N) is 1. The van der Waals surface area contributed by atoms with Gasteiger partial charge in [-0.2, -0.15) is 4.31 Å². The zero-order chi connectivity index (χ0) is 15.7. The number of nitrogens with zero attached hydrogens (tertiary/aromatic N) is 4. The van der Waals surface area contributed by atoms with Crippen LogP contribution in [-0.2, 0) is 16.6 Å². The fraction of sp³-hybridized carbons (Fsp3) is 0.769. The molecule has 120 valence electrons. The predicted molar refractivity (Wildman–Crippen MR) is 81.4 cm³/mol. The van der Waals surface area contributed by atoms with E-state index in [1.807, 2.05) is 6.92 Å². The van der Waals surface area contributed by atoms with Gasteiger partial charge in [0, 0.05) is 51.0 Å². The molecule has 0 spiro atoms. The standard InChI is InChI=1S/C13H25N5O2S/c1-4-16-9-12(15-11-16)21(19,20)18-7-5-17(6-8-18)13(2,3)10-14/h9,11H,4-8,10,14H2,1-3H3. The van der Waals surface area contributed by atoms with Crippen molar-refractivity contribution >= 4 is 10.0 Å². The first-order valence-corrected chi connectivity index (χ1v) is 8.72. The van der Waals surface area contributed by atoms with E-state index in [1.54, 1.807) is 17.1 Å². The number of rotatable bonds is 5. The van der Waals surface area contributed by atoms with E-state index in [1.165, 1.54) is 4.31 Å². The van der Waals surface area contributed by atoms with E-state index in [0.29, 0.717) is 39.3 Å². The van der Waals surface area contributed by atoms with Gasteiger partial charge in [0.15, 0.2) is 5.03 Å². The van der Waals surface area contributed by atoms with E-state index < -0.39 is 10.0 Å². The van der Waals surface area contributed by atoms with E-state index in [9.17, 15) is 8.42 Å². The van der Waals surface area contributed by atoms with Crippen LogP contribution in [0.25, 0.3) is 0 Å². The summed E-state index contributed by atoms with van der Waals surface area (Å²) in [4.78, 5) is 6.26. The maximum Gasteiger partial charge on any atom is 0.262 e. The fourth-order valence-electron chi connectivity index (χ4n) is 2.44. The van der Waals surface area contributed by atoms with Crippen molar-refractivity contribution in [1.29, 1.82) is 0 Å². The molecule has 0 aliphatic carbocycles. The fourth-order valence-corrected chi connectivity index (χ4v) is 3.80. The van der Waals surface area contributed by atoms with Gasteiger partial charge in [0.1, 0.15) is 0 Å². The van der Waals surface area contributed by atoms with E-state index in [2.05, 4.69) is 23.7 Å². The van der Waals surface area contributed by atoms with Crippen LogP contribution in [0.4, 0.5) is 0 Å². The van der Waals surface area contributed by atoms with Crippen molar-refractivity contribution in [2.75, 3.05) is 32.7 Å². The second kappa shape index (κ2) is 6.04. The van der Waals surface area contributed by atoms with Crippen molar-refractivity contribution in [1.82, 2.24) is 18.8 Å². The minimum Gasteiger partial charge on any atom is -0.336 e. The van der Waals surface area contributed by atoms with Gasteiger partial charge >= 0.3 is 0 Å². The Balaban J connectivity index is 2.07. The summed E-state index contributed by atoms with van der Waals surface area (Å²) in [7, 11) is -3.48. The average Bonchev–Trinajstić information content (AvgIpc) is 2.97. The Morgan fingerprint density at radius 1 is 1.29 bits per heavy atom. The molecule has 2 N–H and O–H groups in total. The van der Waals surface area contributed by atoms with Crippen LogP contribution >= 0.6 is 0 Å². The number of aryl methyl sites for hydroxylation is 1. The summed E-state index contributed by atoms with van der Waals surface area (Å²) in [5.74, 6) is 0. The van der Waals surface area contributed by atoms with Gasteiger partial charge in [0.2, 0.25) is 0 Å². The first kappa shape index (κ1) is 16.4. The van der Waals surface area contributed by atoms with Gasteiger partial charge in [-0.15, -0.1) is 0 Å². The molecule has 1 aliphatic heterocycles. The van der Waals surface area contributed by atoms with Gasteiger partial charge in [0.25, 0.3) is 10.0 Å². The van der Waals surface area contributed by atoms with Gasteiger partial charge in [-0.3, -0.25) is 4.90 Å². The maximum absolute atomic E-state index is 12.5. The molecule has 0 amide bonds. The quantitative estimate of drug-likeness (QED) is 0.823. The van der Waals surface area contributed by atoms with Crippen LogP contribution in [-0.4, -0.2) is 65.4 Å². The molecular weight excluding hydrogens is 290 g/mol. The molecule has 2 heterocycles. The molecule has 1 fully saturated rings. The lowest BCUT2D eigenvalue weighted by Gasteiger charge is -2.42. The van der Waals surface area contributed by atoms with Crippen LogP contribution in [0.15, 0.2) is 17.6 Å². The van der Waals surface area contributed by atoms with Gasteiger partial charge in [-0.25, -0.2) is 13.4 Å². The van der Waals surface area contributed by atoms with Crippen molar-refractivity contribution in [3.8, 4) is 0 Å². The smallest absolute Gasteiger partial charge is 0.262 e. The average molecular weight is 315 g/mol. The second-order valence-corrected chi connectivity index (χ2v) is 7.83. The van der Waals surface area contributed by atoms with Gasteiger partial charge in [0.05, 0.1) is 6.33 Å². The third-order valence-electron chi connectivity index (χ3n) is 4.17. The molecular formula is C13H25N5O2S. The van der Waals surface area contributed by atoms with E-state index in [-0.39, 0.29) is 10.6 Å². The summed E-state index contributed by atoms with van der Waals surface area (Å²) in [6, 6.07) is 0. The van der Waals surface area contributed by atoms with Crippen LogP contribution in [0.5, 0.6) is 0 Å². The van der Waals surface area contributed by atoms with Crippen LogP contribution in [0.2, 0.25) is 0 Å². The predicted octanol–water partition coefficient (Wildman–Crippen LogP) is -0.0534. The monoisotopic (exact) mass is 315 g/mol. The zero-order valence-corrected chi connectivity index (χ0v) is 13.8. The molecule has 1 saturated heterocycles. The number of sulfonamides is 1. The Labute approximate surface area is 126 Å². The first-order valence-electron chi connectivity index (χ1n) is 7.28. The molecule has 0 unspecified atom stereocenters. The number of piperazine rings is 1. The van der Waals surface area contributed by atoms with Gasteiger partial charge in [-0.1, -0.05) is 0 Å². The summed E-state index contributed by atoms with van der Waals surface area (Å²) in [5, 5.41) is 0.135. The molecule has 0 saturated carbocycles. The molecule has 1 aromatic heterocycles. The van der Waals surface area contributed by atoms with E-state index in [4.69, 9.17) is 5.73 Å². The SMILES string of the molecule is CCn1cnc(S(=O)(=O)N2CCN(C(C)(C)CN)CC2)c1. The summed E-state index contributed by atoms with van der Waals surface area (Å²) in [5.41, 5.74) is 5.68. The highest BCUT2D eigenvalue weighted by Gasteiger charge is 2.34. The lowest BCUT2D eigenvalue weighted by atomic mass is 10.0.